The molecule has 0 aromatic rings. The zero-order valence-corrected chi connectivity index (χ0v) is 9.13. The van der Waals surface area contributed by atoms with E-state index >= 15 is 0 Å². The van der Waals surface area contributed by atoms with E-state index in [2.05, 4.69) is 5.16 Å². The summed E-state index contributed by atoms with van der Waals surface area (Å²) in [7, 11) is 0. The Hall–Kier alpha value is -1.30. The predicted molar refractivity (Wildman–Crippen MR) is 57.1 cm³/mol. The summed E-state index contributed by atoms with van der Waals surface area (Å²) in [6, 6.07) is -0.262. The number of hydrogen-bond acceptors (Lipinski definition) is 4. The largest absolute Gasteiger partial charge is 0.409 e. The number of oxime groups is 1. The molecule has 2 aliphatic rings. The van der Waals surface area contributed by atoms with Crippen LogP contribution >= 0.6 is 0 Å². The van der Waals surface area contributed by atoms with Crippen molar-refractivity contribution in [3.8, 4) is 0 Å². The molecule has 0 bridgehead atoms. The maximum atomic E-state index is 12.1. The Morgan fingerprint density at radius 3 is 2.88 bits per heavy atom. The van der Waals surface area contributed by atoms with Gasteiger partial charge in [0.1, 0.15) is 6.10 Å². The number of amides is 1. The molecule has 2 rings (SSSR count). The van der Waals surface area contributed by atoms with E-state index in [1.54, 1.807) is 4.90 Å². The lowest BCUT2D eigenvalue weighted by atomic mass is 10.1. The number of rotatable bonds is 2. The number of hydrogen-bond donors (Lipinski definition) is 2. The van der Waals surface area contributed by atoms with Gasteiger partial charge in [0.15, 0.2) is 5.84 Å². The molecule has 0 aromatic heterocycles. The van der Waals surface area contributed by atoms with Crippen LogP contribution in [0.4, 0.5) is 0 Å². The fourth-order valence-corrected chi connectivity index (χ4v) is 2.36. The molecule has 2 fully saturated rings. The fourth-order valence-electron chi connectivity index (χ4n) is 2.36. The zero-order valence-electron chi connectivity index (χ0n) is 9.13. The Labute approximate surface area is 94.0 Å². The van der Waals surface area contributed by atoms with Gasteiger partial charge in [-0.25, -0.2) is 0 Å². The van der Waals surface area contributed by atoms with Gasteiger partial charge in [0.05, 0.1) is 6.04 Å². The number of carbonyl (C=O) groups excluding carboxylic acids is 1. The van der Waals surface area contributed by atoms with Crippen LogP contribution in [-0.2, 0) is 9.53 Å². The van der Waals surface area contributed by atoms with Gasteiger partial charge >= 0.3 is 0 Å². The van der Waals surface area contributed by atoms with E-state index in [-0.39, 0.29) is 23.9 Å². The van der Waals surface area contributed by atoms with E-state index < -0.39 is 0 Å². The van der Waals surface area contributed by atoms with Crippen molar-refractivity contribution >= 4 is 11.7 Å². The topological polar surface area (TPSA) is 88.2 Å². The molecule has 16 heavy (non-hydrogen) atoms. The van der Waals surface area contributed by atoms with E-state index in [0.717, 1.165) is 25.7 Å². The fraction of sp³-hybridized carbons (Fsp3) is 0.800. The highest BCUT2D eigenvalue weighted by molar-refractivity contribution is 5.91. The first-order valence-electron chi connectivity index (χ1n) is 5.63. The van der Waals surface area contributed by atoms with Crippen LogP contribution in [0.1, 0.15) is 25.7 Å². The van der Waals surface area contributed by atoms with Crippen LogP contribution in [-0.4, -0.2) is 47.1 Å². The number of nitrogens with zero attached hydrogens (tertiary/aromatic N) is 2. The minimum absolute atomic E-state index is 0.0217. The average molecular weight is 227 g/mol. The number of ether oxygens (including phenoxy) is 1. The molecule has 3 N–H and O–H groups in total. The van der Waals surface area contributed by atoms with Crippen LogP contribution in [0.2, 0.25) is 0 Å². The van der Waals surface area contributed by atoms with Crippen LogP contribution in [0, 0.1) is 0 Å². The lowest BCUT2D eigenvalue weighted by Gasteiger charge is -2.25. The third kappa shape index (κ3) is 1.97. The number of amidine groups is 1. The summed E-state index contributed by atoms with van der Waals surface area (Å²) in [5.74, 6) is 0.0930. The van der Waals surface area contributed by atoms with E-state index in [1.807, 2.05) is 0 Å². The Kier molecular flexibility index (Phi) is 3.28. The third-order valence-electron chi connectivity index (χ3n) is 3.20. The maximum absolute atomic E-state index is 12.1. The number of carbonyl (C=O) groups is 1. The second-order valence-corrected chi connectivity index (χ2v) is 4.22. The molecule has 2 heterocycles. The van der Waals surface area contributed by atoms with Crippen molar-refractivity contribution < 1.29 is 14.7 Å². The van der Waals surface area contributed by atoms with E-state index in [4.69, 9.17) is 15.7 Å². The molecule has 0 saturated carbocycles. The number of likely N-dealkylation sites (tertiary alicyclic amines) is 1. The molecular formula is C10H17N3O3. The minimum Gasteiger partial charge on any atom is -0.409 e. The van der Waals surface area contributed by atoms with Crippen molar-refractivity contribution in [1.29, 1.82) is 0 Å². The van der Waals surface area contributed by atoms with Crippen molar-refractivity contribution in [1.82, 2.24) is 4.90 Å². The van der Waals surface area contributed by atoms with Crippen LogP contribution in [0.3, 0.4) is 0 Å². The monoisotopic (exact) mass is 227 g/mol. The smallest absolute Gasteiger partial charge is 0.252 e. The summed E-state index contributed by atoms with van der Waals surface area (Å²) in [5.41, 5.74) is 5.57. The van der Waals surface area contributed by atoms with Crippen LogP contribution in [0.5, 0.6) is 0 Å². The molecule has 2 atom stereocenters. The standard InChI is InChI=1S/C10H17N3O3/c11-9(12-15)7-3-1-5-13(7)10(14)8-4-2-6-16-8/h7-8,15H,1-6H2,(H2,11,12). The van der Waals surface area contributed by atoms with E-state index in [1.165, 1.54) is 0 Å². The molecule has 0 spiro atoms. The molecular weight excluding hydrogens is 210 g/mol. The Bertz CT molecular complexity index is 300. The van der Waals surface area contributed by atoms with Crippen molar-refractivity contribution in [3.05, 3.63) is 0 Å². The summed E-state index contributed by atoms with van der Waals surface area (Å²) in [6.07, 6.45) is 3.02. The minimum atomic E-state index is -0.327. The van der Waals surface area contributed by atoms with Gasteiger partial charge in [-0.2, -0.15) is 0 Å². The number of nitrogens with two attached hydrogens (primary N) is 1. The summed E-state index contributed by atoms with van der Waals surface area (Å²) in [6.45, 7) is 1.32. The van der Waals surface area contributed by atoms with Crippen molar-refractivity contribution in [2.24, 2.45) is 10.9 Å². The summed E-state index contributed by atoms with van der Waals surface area (Å²) >= 11 is 0. The quantitative estimate of drug-likeness (QED) is 0.298. The second kappa shape index (κ2) is 4.69. The van der Waals surface area contributed by atoms with Gasteiger partial charge in [-0.15, -0.1) is 0 Å². The van der Waals surface area contributed by atoms with Crippen molar-refractivity contribution in [2.75, 3.05) is 13.2 Å². The summed E-state index contributed by atoms with van der Waals surface area (Å²) < 4.78 is 5.35. The van der Waals surface area contributed by atoms with Crippen LogP contribution in [0.25, 0.3) is 0 Å². The van der Waals surface area contributed by atoms with E-state index in [9.17, 15) is 4.79 Å². The third-order valence-corrected chi connectivity index (χ3v) is 3.20. The van der Waals surface area contributed by atoms with Crippen LogP contribution in [0.15, 0.2) is 5.16 Å². The molecule has 0 aromatic carbocycles. The van der Waals surface area contributed by atoms with Gasteiger partial charge in [-0.3, -0.25) is 4.79 Å². The Balaban J connectivity index is 2.04. The molecule has 2 aliphatic heterocycles. The molecule has 0 aliphatic carbocycles. The molecule has 90 valence electrons. The van der Waals surface area contributed by atoms with Gasteiger partial charge in [0, 0.05) is 13.2 Å². The molecule has 2 unspecified atom stereocenters. The molecule has 0 radical (unpaired) electrons. The SMILES string of the molecule is NC(=NO)C1CCCN1C(=O)C1CCCO1. The molecule has 2 saturated heterocycles. The van der Waals surface area contributed by atoms with Gasteiger partial charge in [0.25, 0.3) is 5.91 Å². The normalized spacial score (nSPS) is 31.0. The van der Waals surface area contributed by atoms with Crippen molar-refractivity contribution in [2.45, 2.75) is 37.8 Å². The van der Waals surface area contributed by atoms with Gasteiger partial charge in [0.2, 0.25) is 0 Å². The molecule has 6 heteroatoms. The summed E-state index contributed by atoms with van der Waals surface area (Å²) in [5, 5.41) is 11.6. The first-order chi connectivity index (χ1) is 7.74. The molecule has 1 amide bonds. The van der Waals surface area contributed by atoms with Crippen LogP contribution < -0.4 is 5.73 Å². The maximum Gasteiger partial charge on any atom is 0.252 e. The van der Waals surface area contributed by atoms with Crippen molar-refractivity contribution in [3.63, 3.8) is 0 Å². The highest BCUT2D eigenvalue weighted by atomic mass is 16.5. The highest BCUT2D eigenvalue weighted by Crippen LogP contribution is 2.22. The Morgan fingerprint density at radius 2 is 2.25 bits per heavy atom. The lowest BCUT2D eigenvalue weighted by Crippen LogP contribution is -2.47. The molecule has 6 nitrogen and oxygen atoms in total. The first-order valence-corrected chi connectivity index (χ1v) is 5.63. The predicted octanol–water partition coefficient (Wildman–Crippen LogP) is -0.0972. The van der Waals surface area contributed by atoms with Gasteiger partial charge in [-0.1, -0.05) is 5.16 Å². The van der Waals surface area contributed by atoms with Gasteiger partial charge in [-0.05, 0) is 25.7 Å². The first kappa shape index (κ1) is 11.2. The average Bonchev–Trinajstić information content (AvgIpc) is 2.97. The van der Waals surface area contributed by atoms with E-state index in [0.29, 0.717) is 13.2 Å². The zero-order chi connectivity index (χ0) is 11.5. The van der Waals surface area contributed by atoms with Gasteiger partial charge < -0.3 is 20.6 Å². The highest BCUT2D eigenvalue weighted by Gasteiger charge is 2.36. The Morgan fingerprint density at radius 1 is 1.44 bits per heavy atom. The summed E-state index contributed by atoms with van der Waals surface area (Å²) in [4.78, 5) is 13.8. The lowest BCUT2D eigenvalue weighted by molar-refractivity contribution is -0.140. The second-order valence-electron chi connectivity index (χ2n) is 4.22.